The molecule has 5 atom stereocenters. The lowest BCUT2D eigenvalue weighted by Crippen LogP contribution is -2.24. The van der Waals surface area contributed by atoms with E-state index < -0.39 is 23.8 Å². The van der Waals surface area contributed by atoms with E-state index >= 15 is 0 Å². The maximum absolute atomic E-state index is 10.5. The van der Waals surface area contributed by atoms with Crippen molar-refractivity contribution in [2.45, 2.75) is 89.4 Å². The molecule has 26 heavy (non-hydrogen) atoms. The van der Waals surface area contributed by atoms with Crippen molar-refractivity contribution in [3.05, 3.63) is 24.3 Å². The number of carbonyl (C=O) groups is 1. The summed E-state index contributed by atoms with van der Waals surface area (Å²) in [5.41, 5.74) is -0.889. The third-order valence-electron chi connectivity index (χ3n) is 5.22. The van der Waals surface area contributed by atoms with Gasteiger partial charge in [0, 0.05) is 18.8 Å². The maximum Gasteiger partial charge on any atom is 0.303 e. The zero-order valence-electron chi connectivity index (χ0n) is 16.2. The molecular weight excluding hydrogens is 332 g/mol. The van der Waals surface area contributed by atoms with E-state index in [0.29, 0.717) is 32.1 Å². The summed E-state index contributed by atoms with van der Waals surface area (Å²) in [5, 5.41) is 39.6. The summed E-state index contributed by atoms with van der Waals surface area (Å²) >= 11 is 0. The predicted molar refractivity (Wildman–Crippen MR) is 103 cm³/mol. The molecule has 0 radical (unpaired) electrons. The predicted octanol–water partition coefficient (Wildman–Crippen LogP) is 3.43. The highest BCUT2D eigenvalue weighted by molar-refractivity contribution is 5.66. The Morgan fingerprint density at radius 3 is 2.54 bits per heavy atom. The van der Waals surface area contributed by atoms with Gasteiger partial charge in [-0.25, -0.2) is 0 Å². The van der Waals surface area contributed by atoms with Crippen LogP contribution in [0.1, 0.15) is 71.6 Å². The molecule has 1 aliphatic carbocycles. The Hall–Kier alpha value is -1.17. The number of carboxylic acid groups (broad SMARTS) is 1. The number of unbranched alkanes of at least 4 members (excludes halogenated alkanes) is 3. The molecule has 0 bridgehead atoms. The minimum Gasteiger partial charge on any atom is -0.481 e. The van der Waals surface area contributed by atoms with E-state index in [2.05, 4.69) is 6.92 Å². The molecule has 1 aliphatic rings. The fourth-order valence-corrected chi connectivity index (χ4v) is 3.58. The molecule has 5 heteroatoms. The van der Waals surface area contributed by atoms with Gasteiger partial charge in [-0.1, -0.05) is 50.5 Å². The number of aliphatic hydroxyl groups is 3. The van der Waals surface area contributed by atoms with Crippen molar-refractivity contribution in [2.75, 3.05) is 0 Å². The lowest BCUT2D eigenvalue weighted by molar-refractivity contribution is -0.137. The highest BCUT2D eigenvalue weighted by atomic mass is 16.4. The number of carboxylic acids is 1. The van der Waals surface area contributed by atoms with Gasteiger partial charge in [-0.3, -0.25) is 4.79 Å². The third-order valence-corrected chi connectivity index (χ3v) is 5.22. The molecule has 0 aromatic carbocycles. The molecule has 0 saturated heterocycles. The Morgan fingerprint density at radius 2 is 1.88 bits per heavy atom. The van der Waals surface area contributed by atoms with E-state index in [1.54, 1.807) is 13.0 Å². The van der Waals surface area contributed by atoms with Crippen LogP contribution in [0.4, 0.5) is 0 Å². The SMILES string of the molecule is CCCCC[C@](C)(O)/C=C/C1C(O)CC(O)C1C/C=C\CCCC(=O)O. The van der Waals surface area contributed by atoms with Crippen molar-refractivity contribution in [2.24, 2.45) is 11.8 Å². The third kappa shape index (κ3) is 8.47. The standard InChI is InChI=1S/C21H36O5/c1-3-4-9-13-21(2,26)14-12-17-16(18(22)15-19(17)23)10-7-5-6-8-11-20(24)25/h5,7,12,14,16-19,22-23,26H,3-4,6,8-11,13,15H2,1-2H3,(H,24,25)/b7-5-,14-12+/t16?,17?,18?,19?,21-/m0/s1. The van der Waals surface area contributed by atoms with Crippen LogP contribution < -0.4 is 0 Å². The van der Waals surface area contributed by atoms with Crippen LogP contribution in [-0.4, -0.2) is 44.2 Å². The Kier molecular flexibility index (Phi) is 10.1. The highest BCUT2D eigenvalue weighted by Gasteiger charge is 2.39. The van der Waals surface area contributed by atoms with Gasteiger partial charge in [-0.05, 0) is 38.5 Å². The molecule has 5 nitrogen and oxygen atoms in total. The zero-order chi connectivity index (χ0) is 19.6. The van der Waals surface area contributed by atoms with Crippen molar-refractivity contribution in [3.63, 3.8) is 0 Å². The van der Waals surface area contributed by atoms with Crippen LogP contribution in [0.5, 0.6) is 0 Å². The van der Waals surface area contributed by atoms with Gasteiger partial charge in [0.05, 0.1) is 17.8 Å². The monoisotopic (exact) mass is 368 g/mol. The summed E-state index contributed by atoms with van der Waals surface area (Å²) in [6, 6.07) is 0. The number of allylic oxidation sites excluding steroid dienone is 2. The van der Waals surface area contributed by atoms with E-state index in [1.807, 2.05) is 18.2 Å². The molecule has 4 unspecified atom stereocenters. The summed E-state index contributed by atoms with van der Waals surface area (Å²) < 4.78 is 0. The van der Waals surface area contributed by atoms with Crippen LogP contribution in [-0.2, 0) is 4.79 Å². The summed E-state index contributed by atoms with van der Waals surface area (Å²) in [6.45, 7) is 3.91. The summed E-state index contributed by atoms with van der Waals surface area (Å²) in [6.07, 6.45) is 12.7. The molecule has 0 spiro atoms. The summed E-state index contributed by atoms with van der Waals surface area (Å²) in [5.74, 6) is -1.04. The lowest BCUT2D eigenvalue weighted by atomic mass is 9.88. The first-order valence-corrected chi connectivity index (χ1v) is 9.91. The molecule has 150 valence electrons. The van der Waals surface area contributed by atoms with Crippen LogP contribution in [0, 0.1) is 11.8 Å². The molecule has 1 rings (SSSR count). The molecule has 1 saturated carbocycles. The number of rotatable bonds is 12. The van der Waals surface area contributed by atoms with Crippen LogP contribution in [0.3, 0.4) is 0 Å². The molecule has 0 aromatic heterocycles. The summed E-state index contributed by atoms with van der Waals surface area (Å²) in [7, 11) is 0. The van der Waals surface area contributed by atoms with Crippen molar-refractivity contribution in [1.29, 1.82) is 0 Å². The van der Waals surface area contributed by atoms with Crippen molar-refractivity contribution in [1.82, 2.24) is 0 Å². The second kappa shape index (κ2) is 11.5. The lowest BCUT2D eigenvalue weighted by Gasteiger charge is -2.23. The average molecular weight is 369 g/mol. The topological polar surface area (TPSA) is 98.0 Å². The quantitative estimate of drug-likeness (QED) is 0.312. The fraction of sp³-hybridized carbons (Fsp3) is 0.762. The Balaban J connectivity index is 2.56. The van der Waals surface area contributed by atoms with E-state index in [1.165, 1.54) is 0 Å². The van der Waals surface area contributed by atoms with Gasteiger partial charge >= 0.3 is 5.97 Å². The van der Waals surface area contributed by atoms with Gasteiger partial charge in [0.25, 0.3) is 0 Å². The highest BCUT2D eigenvalue weighted by Crippen LogP contribution is 2.37. The average Bonchev–Trinajstić information content (AvgIpc) is 2.82. The van der Waals surface area contributed by atoms with E-state index in [9.17, 15) is 20.1 Å². The van der Waals surface area contributed by atoms with E-state index in [4.69, 9.17) is 5.11 Å². The van der Waals surface area contributed by atoms with Crippen molar-refractivity contribution < 1.29 is 25.2 Å². The van der Waals surface area contributed by atoms with Crippen LogP contribution >= 0.6 is 0 Å². The summed E-state index contributed by atoms with van der Waals surface area (Å²) in [4.78, 5) is 10.5. The molecule has 0 aromatic rings. The Labute approximate surface area is 157 Å². The molecule has 0 amide bonds. The number of hydrogen-bond donors (Lipinski definition) is 4. The van der Waals surface area contributed by atoms with Gasteiger partial charge in [0.1, 0.15) is 0 Å². The van der Waals surface area contributed by atoms with Crippen LogP contribution in [0.2, 0.25) is 0 Å². The van der Waals surface area contributed by atoms with Gasteiger partial charge in [-0.15, -0.1) is 0 Å². The Bertz CT molecular complexity index is 469. The molecule has 0 aliphatic heterocycles. The van der Waals surface area contributed by atoms with Crippen LogP contribution in [0.25, 0.3) is 0 Å². The van der Waals surface area contributed by atoms with Gasteiger partial charge in [0.2, 0.25) is 0 Å². The maximum atomic E-state index is 10.5. The molecule has 0 heterocycles. The fourth-order valence-electron chi connectivity index (χ4n) is 3.58. The molecule has 4 N–H and O–H groups in total. The normalized spacial score (nSPS) is 28.8. The molecular formula is C21H36O5. The van der Waals surface area contributed by atoms with Crippen molar-refractivity contribution in [3.8, 4) is 0 Å². The van der Waals surface area contributed by atoms with Gasteiger partial charge in [-0.2, -0.15) is 0 Å². The molecule has 1 fully saturated rings. The first kappa shape index (κ1) is 22.9. The van der Waals surface area contributed by atoms with Crippen molar-refractivity contribution >= 4 is 5.97 Å². The first-order chi connectivity index (χ1) is 12.3. The van der Waals surface area contributed by atoms with Gasteiger partial charge in [0.15, 0.2) is 0 Å². The minimum absolute atomic E-state index is 0.0802. The number of hydrogen-bond acceptors (Lipinski definition) is 4. The van der Waals surface area contributed by atoms with Crippen LogP contribution in [0.15, 0.2) is 24.3 Å². The first-order valence-electron chi connectivity index (χ1n) is 9.91. The largest absolute Gasteiger partial charge is 0.481 e. The smallest absolute Gasteiger partial charge is 0.303 e. The van der Waals surface area contributed by atoms with E-state index in [0.717, 1.165) is 19.3 Å². The second-order valence-electron chi connectivity index (χ2n) is 7.78. The Morgan fingerprint density at radius 1 is 1.15 bits per heavy atom. The number of aliphatic hydroxyl groups excluding tert-OH is 2. The minimum atomic E-state index is -0.889. The second-order valence-corrected chi connectivity index (χ2v) is 7.78. The van der Waals surface area contributed by atoms with E-state index in [-0.39, 0.29) is 18.3 Å². The zero-order valence-corrected chi connectivity index (χ0v) is 16.2. The van der Waals surface area contributed by atoms with Gasteiger partial charge < -0.3 is 20.4 Å². The number of aliphatic carboxylic acids is 1.